The molecule has 6 heteroatoms. The van der Waals surface area contributed by atoms with Gasteiger partial charge >= 0.3 is 0 Å². The molecule has 0 N–H and O–H groups in total. The number of aromatic nitrogens is 2. The van der Waals surface area contributed by atoms with Gasteiger partial charge in [-0.15, -0.1) is 0 Å². The van der Waals surface area contributed by atoms with Gasteiger partial charge in [0.25, 0.3) is 0 Å². The minimum Gasteiger partial charge on any atom is -0.361 e. The fourth-order valence-electron chi connectivity index (χ4n) is 3.79. The summed E-state index contributed by atoms with van der Waals surface area (Å²) < 4.78 is 8.12. The molecule has 0 spiro atoms. The zero-order valence-electron chi connectivity index (χ0n) is 17.2. The van der Waals surface area contributed by atoms with E-state index >= 15 is 0 Å². The summed E-state index contributed by atoms with van der Waals surface area (Å²) in [6.45, 7) is 13.9. The largest absolute Gasteiger partial charge is 0.361 e. The van der Waals surface area contributed by atoms with Gasteiger partial charge in [-0.05, 0) is 49.0 Å². The van der Waals surface area contributed by atoms with E-state index in [4.69, 9.17) is 4.74 Å². The highest BCUT2D eigenvalue weighted by molar-refractivity contribution is 6.76. The van der Waals surface area contributed by atoms with E-state index in [1.807, 2.05) is 18.3 Å². The number of hydrogen-bond donors (Lipinski definition) is 0. The molecule has 27 heavy (non-hydrogen) atoms. The average Bonchev–Trinajstić information content (AvgIpc) is 3.01. The molecule has 1 atom stereocenters. The summed E-state index contributed by atoms with van der Waals surface area (Å²) in [5.41, 5.74) is 3.69. The van der Waals surface area contributed by atoms with Gasteiger partial charge in [0.15, 0.2) is 0 Å². The third-order valence-corrected chi connectivity index (χ3v) is 6.98. The highest BCUT2D eigenvalue weighted by atomic mass is 28.3. The van der Waals surface area contributed by atoms with Crippen LogP contribution in [0.2, 0.25) is 25.7 Å². The Morgan fingerprint density at radius 3 is 2.89 bits per heavy atom. The van der Waals surface area contributed by atoms with Crippen LogP contribution in [0.5, 0.6) is 0 Å². The van der Waals surface area contributed by atoms with Crippen molar-refractivity contribution in [2.24, 2.45) is 5.92 Å². The minimum atomic E-state index is -1.08. The van der Waals surface area contributed by atoms with Gasteiger partial charge in [-0.2, -0.15) is 5.26 Å². The molecule has 1 aliphatic rings. The van der Waals surface area contributed by atoms with Crippen LogP contribution in [0, 0.1) is 17.2 Å². The number of likely N-dealkylation sites (tertiary alicyclic amines) is 1. The van der Waals surface area contributed by atoms with E-state index in [1.165, 1.54) is 24.4 Å². The van der Waals surface area contributed by atoms with Crippen molar-refractivity contribution in [3.63, 3.8) is 0 Å². The quantitative estimate of drug-likeness (QED) is 0.523. The Balaban J connectivity index is 1.80. The van der Waals surface area contributed by atoms with E-state index in [0.29, 0.717) is 12.4 Å². The zero-order chi connectivity index (χ0) is 19.4. The fraction of sp³-hybridized carbons (Fsp3) is 0.619. The van der Waals surface area contributed by atoms with Crippen LogP contribution in [0.1, 0.15) is 31.0 Å². The average molecular weight is 385 g/mol. The number of nitrogens with zero attached hydrogens (tertiary/aromatic N) is 4. The lowest BCUT2D eigenvalue weighted by atomic mass is 9.99. The molecule has 146 valence electrons. The Hall–Kier alpha value is -1.68. The standard InChI is InChI=1S/C21H32N4OSi/c1-17-6-5-8-24(14-17)15-18-12-19(13-22)23-20-7-9-25(21(18)20)16-26-10-11-27(2,3)4/h7,9,12,17H,5-6,8,10-11,14-16H2,1-4H3/t17-/m0/s1. The van der Waals surface area contributed by atoms with Crippen molar-refractivity contribution in [2.75, 3.05) is 19.7 Å². The SMILES string of the molecule is C[C@H]1CCCN(Cc2cc(C#N)nc3ccn(COCC[Si](C)(C)C)c23)C1. The second-order valence-electron chi connectivity index (χ2n) is 9.13. The van der Waals surface area contributed by atoms with Gasteiger partial charge in [0.2, 0.25) is 0 Å². The molecular weight excluding hydrogens is 352 g/mol. The van der Waals surface area contributed by atoms with Gasteiger partial charge < -0.3 is 9.30 Å². The summed E-state index contributed by atoms with van der Waals surface area (Å²) in [4.78, 5) is 7.01. The fourth-order valence-corrected chi connectivity index (χ4v) is 4.55. The molecule has 0 amide bonds. The molecule has 3 heterocycles. The minimum absolute atomic E-state index is 0.500. The molecule has 1 fully saturated rings. The lowest BCUT2D eigenvalue weighted by Gasteiger charge is -2.31. The Kier molecular flexibility index (Phi) is 6.35. The van der Waals surface area contributed by atoms with E-state index in [2.05, 4.69) is 47.1 Å². The van der Waals surface area contributed by atoms with Crippen LogP contribution in [-0.4, -0.2) is 42.2 Å². The van der Waals surface area contributed by atoms with Crippen LogP contribution in [0.25, 0.3) is 11.0 Å². The third-order valence-electron chi connectivity index (χ3n) is 5.27. The van der Waals surface area contributed by atoms with Crippen molar-refractivity contribution < 1.29 is 4.74 Å². The van der Waals surface area contributed by atoms with Crippen molar-refractivity contribution in [2.45, 2.75) is 58.7 Å². The van der Waals surface area contributed by atoms with Crippen molar-refractivity contribution in [1.82, 2.24) is 14.5 Å². The molecule has 1 aliphatic heterocycles. The Bertz CT molecular complexity index is 818. The summed E-state index contributed by atoms with van der Waals surface area (Å²) in [6.07, 6.45) is 4.60. The zero-order valence-corrected chi connectivity index (χ0v) is 18.2. The van der Waals surface area contributed by atoms with Crippen molar-refractivity contribution >= 4 is 19.1 Å². The summed E-state index contributed by atoms with van der Waals surface area (Å²) in [7, 11) is -1.08. The van der Waals surface area contributed by atoms with Gasteiger partial charge in [-0.1, -0.05) is 26.6 Å². The summed E-state index contributed by atoms with van der Waals surface area (Å²) in [5, 5.41) is 9.37. The highest BCUT2D eigenvalue weighted by Crippen LogP contribution is 2.24. The smallest absolute Gasteiger partial charge is 0.141 e. The van der Waals surface area contributed by atoms with E-state index < -0.39 is 8.07 Å². The van der Waals surface area contributed by atoms with Crippen LogP contribution in [0.15, 0.2) is 18.3 Å². The molecule has 0 bridgehead atoms. The van der Waals surface area contributed by atoms with E-state index in [1.54, 1.807) is 0 Å². The van der Waals surface area contributed by atoms with Crippen LogP contribution >= 0.6 is 0 Å². The van der Waals surface area contributed by atoms with Crippen LogP contribution < -0.4 is 0 Å². The lowest BCUT2D eigenvalue weighted by molar-refractivity contribution is 0.0900. The predicted octanol–water partition coefficient (Wildman–Crippen LogP) is 4.45. The molecule has 0 aliphatic carbocycles. The van der Waals surface area contributed by atoms with E-state index in [9.17, 15) is 5.26 Å². The Morgan fingerprint density at radius 2 is 2.19 bits per heavy atom. The summed E-state index contributed by atoms with van der Waals surface area (Å²) in [6, 6.07) is 7.35. The normalized spacial score (nSPS) is 18.7. The molecule has 2 aromatic rings. The molecule has 0 radical (unpaired) electrons. The number of rotatable bonds is 7. The molecular formula is C21H32N4OSi. The van der Waals surface area contributed by atoms with E-state index in [-0.39, 0.29) is 0 Å². The maximum absolute atomic E-state index is 9.37. The first kappa shape index (κ1) is 20.1. The van der Waals surface area contributed by atoms with Crippen LogP contribution in [-0.2, 0) is 18.0 Å². The topological polar surface area (TPSA) is 54.1 Å². The van der Waals surface area contributed by atoms with Gasteiger partial charge in [0, 0.05) is 34.0 Å². The molecule has 0 aromatic carbocycles. The van der Waals surface area contributed by atoms with Crippen molar-refractivity contribution in [1.29, 1.82) is 5.26 Å². The lowest BCUT2D eigenvalue weighted by Crippen LogP contribution is -2.33. The molecule has 2 aromatic heterocycles. The number of nitriles is 1. The Labute approximate surface area is 164 Å². The van der Waals surface area contributed by atoms with Gasteiger partial charge in [-0.25, -0.2) is 4.98 Å². The summed E-state index contributed by atoms with van der Waals surface area (Å²) >= 11 is 0. The molecule has 5 nitrogen and oxygen atoms in total. The third kappa shape index (κ3) is 5.41. The first-order valence-corrected chi connectivity index (χ1v) is 13.8. The second kappa shape index (κ2) is 8.55. The molecule has 0 saturated carbocycles. The number of piperidine rings is 1. The monoisotopic (exact) mass is 384 g/mol. The van der Waals surface area contributed by atoms with Gasteiger partial charge in [0.1, 0.15) is 18.5 Å². The van der Waals surface area contributed by atoms with Gasteiger partial charge in [0.05, 0.1) is 11.0 Å². The number of fused-ring (bicyclic) bond motifs is 1. The van der Waals surface area contributed by atoms with E-state index in [0.717, 1.165) is 43.2 Å². The summed E-state index contributed by atoms with van der Waals surface area (Å²) in [5.74, 6) is 0.739. The maximum atomic E-state index is 9.37. The van der Waals surface area contributed by atoms with Crippen LogP contribution in [0.3, 0.4) is 0 Å². The molecule has 3 rings (SSSR count). The first-order valence-electron chi connectivity index (χ1n) is 10.0. The van der Waals surface area contributed by atoms with Crippen molar-refractivity contribution in [3.8, 4) is 6.07 Å². The van der Waals surface area contributed by atoms with Crippen molar-refractivity contribution in [3.05, 3.63) is 29.6 Å². The predicted molar refractivity (Wildman–Crippen MR) is 112 cm³/mol. The van der Waals surface area contributed by atoms with Gasteiger partial charge in [-0.3, -0.25) is 4.90 Å². The first-order chi connectivity index (χ1) is 12.9. The Morgan fingerprint density at radius 1 is 1.37 bits per heavy atom. The van der Waals surface area contributed by atoms with Crippen LogP contribution in [0.4, 0.5) is 0 Å². The molecule has 1 saturated heterocycles. The second-order valence-corrected chi connectivity index (χ2v) is 14.7. The number of hydrogen-bond acceptors (Lipinski definition) is 4. The highest BCUT2D eigenvalue weighted by Gasteiger charge is 2.19. The molecule has 0 unspecified atom stereocenters. The number of pyridine rings is 1. The maximum Gasteiger partial charge on any atom is 0.141 e. The number of ether oxygens (including phenoxy) is 1.